The molecule has 0 heterocycles. The lowest BCUT2D eigenvalue weighted by Gasteiger charge is -2.09. The zero-order valence-electron chi connectivity index (χ0n) is 13.7. The van der Waals surface area contributed by atoms with Crippen LogP contribution in [0.15, 0.2) is 47.4 Å². The van der Waals surface area contributed by atoms with Gasteiger partial charge in [-0.25, -0.2) is 4.39 Å². The van der Waals surface area contributed by atoms with Crippen molar-refractivity contribution in [2.24, 2.45) is 0 Å². The SMILES string of the molecule is Cc1cc([N+](=O)[O-])ccc1NC(=O)COC(=O)CSc1ccccc1F. The van der Waals surface area contributed by atoms with Crippen molar-refractivity contribution >= 4 is 35.0 Å². The van der Waals surface area contributed by atoms with Crippen molar-refractivity contribution in [1.82, 2.24) is 0 Å². The molecule has 9 heteroatoms. The lowest BCUT2D eigenvalue weighted by molar-refractivity contribution is -0.384. The fourth-order valence-electron chi connectivity index (χ4n) is 1.97. The Bertz CT molecular complexity index is 844. The number of halogens is 1. The largest absolute Gasteiger partial charge is 0.455 e. The average molecular weight is 378 g/mol. The van der Waals surface area contributed by atoms with Gasteiger partial charge in [0.2, 0.25) is 0 Å². The number of nitro groups is 1. The summed E-state index contributed by atoms with van der Waals surface area (Å²) in [7, 11) is 0. The van der Waals surface area contributed by atoms with Crippen molar-refractivity contribution in [2.45, 2.75) is 11.8 Å². The fraction of sp³-hybridized carbons (Fsp3) is 0.176. The van der Waals surface area contributed by atoms with Gasteiger partial charge in [0.15, 0.2) is 6.61 Å². The Labute approximate surface area is 152 Å². The number of aryl methyl sites for hydroxylation is 1. The second-order valence-electron chi connectivity index (χ2n) is 5.18. The van der Waals surface area contributed by atoms with Crippen LogP contribution in [0.25, 0.3) is 0 Å². The van der Waals surface area contributed by atoms with Gasteiger partial charge >= 0.3 is 5.97 Å². The van der Waals surface area contributed by atoms with E-state index in [2.05, 4.69) is 5.32 Å². The molecule has 26 heavy (non-hydrogen) atoms. The van der Waals surface area contributed by atoms with Crippen LogP contribution in [0.4, 0.5) is 15.8 Å². The number of carbonyl (C=O) groups excluding carboxylic acids is 2. The highest BCUT2D eigenvalue weighted by Gasteiger charge is 2.13. The number of amides is 1. The normalized spacial score (nSPS) is 10.2. The third-order valence-electron chi connectivity index (χ3n) is 3.24. The van der Waals surface area contributed by atoms with Gasteiger partial charge in [-0.05, 0) is 30.7 Å². The molecule has 0 atom stereocenters. The zero-order valence-corrected chi connectivity index (χ0v) is 14.5. The number of thioether (sulfide) groups is 1. The Morgan fingerprint density at radius 1 is 1.27 bits per heavy atom. The number of benzene rings is 2. The molecule has 0 radical (unpaired) electrons. The van der Waals surface area contributed by atoms with Crippen molar-refractivity contribution in [3.05, 3.63) is 64.0 Å². The molecular weight excluding hydrogens is 363 g/mol. The maximum absolute atomic E-state index is 13.4. The predicted molar refractivity (Wildman–Crippen MR) is 94.5 cm³/mol. The summed E-state index contributed by atoms with van der Waals surface area (Å²) in [5.74, 6) is -1.80. The van der Waals surface area contributed by atoms with Gasteiger partial charge in [0.1, 0.15) is 5.82 Å². The molecule has 2 aromatic rings. The maximum atomic E-state index is 13.4. The molecule has 0 aliphatic heterocycles. The Kier molecular flexibility index (Phi) is 6.67. The Balaban J connectivity index is 1.80. The van der Waals surface area contributed by atoms with Gasteiger partial charge in [0.25, 0.3) is 11.6 Å². The number of nitro benzene ring substituents is 1. The zero-order chi connectivity index (χ0) is 19.1. The standard InChI is InChI=1S/C17H15FN2O5S/c1-11-8-12(20(23)24)6-7-14(11)19-16(21)9-25-17(22)10-26-15-5-3-2-4-13(15)18/h2-8H,9-10H2,1H3,(H,19,21). The smallest absolute Gasteiger partial charge is 0.316 e. The summed E-state index contributed by atoms with van der Waals surface area (Å²) in [6, 6.07) is 10.0. The number of anilines is 1. The first-order valence-corrected chi connectivity index (χ1v) is 8.43. The minimum atomic E-state index is -0.658. The molecular formula is C17H15FN2O5S. The number of nitrogens with zero attached hydrogens (tertiary/aromatic N) is 1. The monoisotopic (exact) mass is 378 g/mol. The number of nitrogens with one attached hydrogen (secondary N) is 1. The van der Waals surface area contributed by atoms with Gasteiger partial charge in [0, 0.05) is 22.7 Å². The summed E-state index contributed by atoms with van der Waals surface area (Å²) in [6.45, 7) is 1.10. The number of non-ortho nitro benzene ring substituents is 1. The van der Waals surface area contributed by atoms with Crippen LogP contribution in [0.1, 0.15) is 5.56 Å². The number of ether oxygens (including phenoxy) is 1. The van der Waals surface area contributed by atoms with Crippen LogP contribution in [0.3, 0.4) is 0 Å². The molecule has 1 N–H and O–H groups in total. The molecule has 0 aliphatic carbocycles. The molecule has 2 aromatic carbocycles. The molecule has 0 unspecified atom stereocenters. The molecule has 1 amide bonds. The summed E-state index contributed by atoms with van der Waals surface area (Å²) >= 11 is 0.972. The van der Waals surface area contributed by atoms with Crippen LogP contribution in [0.2, 0.25) is 0 Å². The van der Waals surface area contributed by atoms with E-state index in [9.17, 15) is 24.1 Å². The molecule has 0 saturated heterocycles. The lowest BCUT2D eigenvalue weighted by Crippen LogP contribution is -2.22. The number of esters is 1. The quantitative estimate of drug-likeness (QED) is 0.343. The first-order chi connectivity index (χ1) is 12.4. The van der Waals surface area contributed by atoms with Gasteiger partial charge < -0.3 is 10.1 Å². The van der Waals surface area contributed by atoms with E-state index in [1.807, 2.05) is 0 Å². The molecule has 0 spiro atoms. The van der Waals surface area contributed by atoms with Crippen LogP contribution in [-0.4, -0.2) is 29.2 Å². The molecule has 0 fully saturated rings. The van der Waals surface area contributed by atoms with E-state index in [-0.39, 0.29) is 11.4 Å². The minimum Gasteiger partial charge on any atom is -0.455 e. The minimum absolute atomic E-state index is 0.0860. The van der Waals surface area contributed by atoms with E-state index in [1.54, 1.807) is 19.1 Å². The summed E-state index contributed by atoms with van der Waals surface area (Å²) in [5.41, 5.74) is 0.809. The van der Waals surface area contributed by atoms with Crippen LogP contribution in [-0.2, 0) is 14.3 Å². The Morgan fingerprint density at radius 2 is 2.00 bits per heavy atom. The number of rotatable bonds is 7. The first kappa shape index (κ1) is 19.4. The molecule has 0 bridgehead atoms. The fourth-order valence-corrected chi connectivity index (χ4v) is 2.71. The summed E-state index contributed by atoms with van der Waals surface area (Å²) in [6.07, 6.45) is 0. The number of hydrogen-bond donors (Lipinski definition) is 1. The molecule has 0 aromatic heterocycles. The number of hydrogen-bond acceptors (Lipinski definition) is 6. The van der Waals surface area contributed by atoms with Crippen molar-refractivity contribution < 1.29 is 23.6 Å². The third-order valence-corrected chi connectivity index (χ3v) is 4.26. The average Bonchev–Trinajstić information content (AvgIpc) is 2.60. The summed E-state index contributed by atoms with van der Waals surface area (Å²) in [5, 5.41) is 13.2. The van der Waals surface area contributed by atoms with E-state index in [0.29, 0.717) is 16.1 Å². The summed E-state index contributed by atoms with van der Waals surface area (Å²) < 4.78 is 18.3. The van der Waals surface area contributed by atoms with Gasteiger partial charge in [-0.3, -0.25) is 19.7 Å². The molecule has 7 nitrogen and oxygen atoms in total. The Morgan fingerprint density at radius 3 is 2.65 bits per heavy atom. The molecule has 0 aliphatic rings. The van der Waals surface area contributed by atoms with E-state index < -0.39 is 29.2 Å². The van der Waals surface area contributed by atoms with Crippen molar-refractivity contribution in [1.29, 1.82) is 0 Å². The van der Waals surface area contributed by atoms with Gasteiger partial charge in [-0.1, -0.05) is 12.1 Å². The highest BCUT2D eigenvalue weighted by molar-refractivity contribution is 8.00. The van der Waals surface area contributed by atoms with E-state index in [4.69, 9.17) is 4.74 Å². The maximum Gasteiger partial charge on any atom is 0.316 e. The molecule has 136 valence electrons. The second-order valence-corrected chi connectivity index (χ2v) is 6.20. The van der Waals surface area contributed by atoms with Crippen LogP contribution in [0.5, 0.6) is 0 Å². The third kappa shape index (κ3) is 5.55. The van der Waals surface area contributed by atoms with Crippen molar-refractivity contribution in [3.63, 3.8) is 0 Å². The highest BCUT2D eigenvalue weighted by Crippen LogP contribution is 2.22. The first-order valence-electron chi connectivity index (χ1n) is 7.44. The topological polar surface area (TPSA) is 98.5 Å². The van der Waals surface area contributed by atoms with E-state index in [1.165, 1.54) is 30.3 Å². The van der Waals surface area contributed by atoms with Crippen molar-refractivity contribution in [2.75, 3.05) is 17.7 Å². The molecule has 2 rings (SSSR count). The molecule has 0 saturated carbocycles. The number of carbonyl (C=O) groups is 2. The highest BCUT2D eigenvalue weighted by atomic mass is 32.2. The Hall–Kier alpha value is -2.94. The van der Waals surface area contributed by atoms with E-state index in [0.717, 1.165) is 11.8 Å². The van der Waals surface area contributed by atoms with Gasteiger partial charge in [-0.2, -0.15) is 0 Å². The van der Waals surface area contributed by atoms with Gasteiger partial charge in [-0.15, -0.1) is 11.8 Å². The van der Waals surface area contributed by atoms with Crippen molar-refractivity contribution in [3.8, 4) is 0 Å². The van der Waals surface area contributed by atoms with E-state index >= 15 is 0 Å². The second kappa shape index (κ2) is 8.95. The van der Waals surface area contributed by atoms with Gasteiger partial charge in [0.05, 0.1) is 10.7 Å². The van der Waals surface area contributed by atoms with Crippen LogP contribution >= 0.6 is 11.8 Å². The van der Waals surface area contributed by atoms with Crippen LogP contribution in [0, 0.1) is 22.9 Å². The van der Waals surface area contributed by atoms with Crippen LogP contribution < -0.4 is 5.32 Å². The lowest BCUT2D eigenvalue weighted by atomic mass is 10.2. The summed E-state index contributed by atoms with van der Waals surface area (Å²) in [4.78, 5) is 33.9. The predicted octanol–water partition coefficient (Wildman–Crippen LogP) is 3.32.